The third-order valence-corrected chi connectivity index (χ3v) is 7.74. The third kappa shape index (κ3) is 11.2. The SMILES string of the molecule is CC(C)[C@H](CC(=O)[C@@H](NC(=O)[C@H](Cc1cccc(Cl)c1)Oc1cc(Cl)cc(Cl)c1)c1ccccc1)C(=O)C(F)(F)C(=O)NCC(F)(F)F. The van der Waals surface area contributed by atoms with Gasteiger partial charge in [-0.2, -0.15) is 22.0 Å². The van der Waals surface area contributed by atoms with E-state index in [9.17, 15) is 41.1 Å². The lowest BCUT2D eigenvalue weighted by Gasteiger charge is -2.27. The van der Waals surface area contributed by atoms with Gasteiger partial charge in [0.05, 0.1) is 0 Å². The van der Waals surface area contributed by atoms with Crippen molar-refractivity contribution in [3.63, 3.8) is 0 Å². The minimum absolute atomic E-state index is 0.0570. The van der Waals surface area contributed by atoms with Crippen molar-refractivity contribution in [2.45, 2.75) is 50.9 Å². The number of hydrogen-bond donors (Lipinski definition) is 2. The van der Waals surface area contributed by atoms with E-state index >= 15 is 0 Å². The molecular formula is C33H30Cl3F5N2O5. The minimum atomic E-state index is -5.00. The highest BCUT2D eigenvalue weighted by molar-refractivity contribution is 6.34. The number of benzene rings is 3. The quantitative estimate of drug-likeness (QED) is 0.124. The summed E-state index contributed by atoms with van der Waals surface area (Å²) in [6.45, 7) is 0.586. The Labute approximate surface area is 288 Å². The summed E-state index contributed by atoms with van der Waals surface area (Å²) in [6.07, 6.45) is -7.27. The van der Waals surface area contributed by atoms with E-state index in [1.165, 1.54) is 44.2 Å². The van der Waals surface area contributed by atoms with Gasteiger partial charge >= 0.3 is 12.1 Å². The fraction of sp³-hybridized carbons (Fsp3) is 0.333. The van der Waals surface area contributed by atoms with Crippen LogP contribution in [0, 0.1) is 11.8 Å². The fourth-order valence-electron chi connectivity index (χ4n) is 4.66. The molecule has 3 atom stereocenters. The molecular weight excluding hydrogens is 706 g/mol. The number of rotatable bonds is 15. The Morgan fingerprint density at radius 3 is 2.00 bits per heavy atom. The molecule has 2 amide bonds. The van der Waals surface area contributed by atoms with Gasteiger partial charge in [0.2, 0.25) is 5.78 Å². The average Bonchev–Trinajstić information content (AvgIpc) is 2.99. The molecule has 0 saturated heterocycles. The average molecular weight is 736 g/mol. The van der Waals surface area contributed by atoms with Crippen molar-refractivity contribution in [3.05, 3.63) is 99.0 Å². The predicted molar refractivity (Wildman–Crippen MR) is 170 cm³/mol. The maximum Gasteiger partial charge on any atom is 0.405 e. The first kappa shape index (κ1) is 38.7. The molecule has 0 aromatic heterocycles. The topological polar surface area (TPSA) is 102 Å². The van der Waals surface area contributed by atoms with Crippen LogP contribution in [-0.2, 0) is 25.6 Å². The standard InChI is InChI=1S/C33H30Cl3F5N2O5/c1-18(2)25(29(45)33(40,41)31(47)42-17-32(37,38)39)16-26(44)28(20-8-4-3-5-9-20)43-30(46)27(12-19-7-6-10-21(34)11-19)48-24-14-22(35)13-23(36)15-24/h3-11,13-15,18,25,27-28H,12,16-17H2,1-2H3,(H,42,47)(H,43,46)/t25-,27-,28-/m0/s1. The number of Topliss-reactive ketones (excluding diaryl/α,β-unsaturated/α-hetero) is 2. The number of carbonyl (C=O) groups excluding carboxylic acids is 4. The highest BCUT2D eigenvalue weighted by Gasteiger charge is 2.52. The van der Waals surface area contributed by atoms with Crippen LogP contribution in [0.5, 0.6) is 5.75 Å². The van der Waals surface area contributed by atoms with E-state index in [4.69, 9.17) is 39.5 Å². The summed E-state index contributed by atoms with van der Waals surface area (Å²) >= 11 is 18.3. The van der Waals surface area contributed by atoms with Gasteiger partial charge < -0.3 is 15.4 Å². The van der Waals surface area contributed by atoms with Crippen molar-refractivity contribution in [1.29, 1.82) is 0 Å². The summed E-state index contributed by atoms with van der Waals surface area (Å²) in [4.78, 5) is 52.4. The number of amides is 2. The van der Waals surface area contributed by atoms with Crippen molar-refractivity contribution in [2.75, 3.05) is 6.54 Å². The maximum atomic E-state index is 14.8. The summed E-state index contributed by atoms with van der Waals surface area (Å²) in [5.41, 5.74) is 0.808. The Morgan fingerprint density at radius 2 is 1.44 bits per heavy atom. The first-order valence-electron chi connectivity index (χ1n) is 14.4. The zero-order valence-electron chi connectivity index (χ0n) is 25.4. The molecule has 0 saturated carbocycles. The summed E-state index contributed by atoms with van der Waals surface area (Å²) in [6, 6.07) is 17.0. The molecule has 0 aliphatic carbocycles. The summed E-state index contributed by atoms with van der Waals surface area (Å²) in [7, 11) is 0. The Hall–Kier alpha value is -3.74. The molecule has 258 valence electrons. The van der Waals surface area contributed by atoms with E-state index < -0.39 is 72.4 Å². The second kappa shape index (κ2) is 16.6. The van der Waals surface area contributed by atoms with Crippen LogP contribution >= 0.6 is 34.8 Å². The van der Waals surface area contributed by atoms with E-state index in [1.54, 1.807) is 42.5 Å². The zero-order valence-corrected chi connectivity index (χ0v) is 27.7. The molecule has 3 aromatic rings. The molecule has 48 heavy (non-hydrogen) atoms. The number of alkyl halides is 5. The maximum absolute atomic E-state index is 14.8. The lowest BCUT2D eigenvalue weighted by atomic mass is 9.82. The number of hydrogen-bond acceptors (Lipinski definition) is 5. The zero-order chi connectivity index (χ0) is 35.8. The summed E-state index contributed by atoms with van der Waals surface area (Å²) in [5.74, 6) is -13.7. The molecule has 0 aliphatic rings. The lowest BCUT2D eigenvalue weighted by molar-refractivity contribution is -0.167. The smallest absolute Gasteiger partial charge is 0.405 e. The summed E-state index contributed by atoms with van der Waals surface area (Å²) < 4.78 is 73.2. The first-order chi connectivity index (χ1) is 22.4. The van der Waals surface area contributed by atoms with Gasteiger partial charge in [-0.15, -0.1) is 0 Å². The van der Waals surface area contributed by atoms with Crippen LogP contribution in [0.3, 0.4) is 0 Å². The largest absolute Gasteiger partial charge is 0.480 e. The number of ketones is 2. The highest BCUT2D eigenvalue weighted by atomic mass is 35.5. The van der Waals surface area contributed by atoms with Gasteiger partial charge in [-0.05, 0) is 47.4 Å². The van der Waals surface area contributed by atoms with Crippen molar-refractivity contribution in [2.24, 2.45) is 11.8 Å². The van der Waals surface area contributed by atoms with Gasteiger partial charge in [0.25, 0.3) is 11.8 Å². The van der Waals surface area contributed by atoms with E-state index in [0.717, 1.165) is 5.32 Å². The van der Waals surface area contributed by atoms with Crippen LogP contribution in [0.2, 0.25) is 15.1 Å². The first-order valence-corrected chi connectivity index (χ1v) is 15.5. The predicted octanol–water partition coefficient (Wildman–Crippen LogP) is 7.61. The van der Waals surface area contributed by atoms with Crippen LogP contribution in [0.4, 0.5) is 22.0 Å². The second-order valence-electron chi connectivity index (χ2n) is 11.2. The minimum Gasteiger partial charge on any atom is -0.480 e. The number of carbonyl (C=O) groups is 4. The molecule has 7 nitrogen and oxygen atoms in total. The molecule has 3 rings (SSSR count). The Bertz CT molecular complexity index is 1600. The molecule has 0 spiro atoms. The van der Waals surface area contributed by atoms with E-state index in [-0.39, 0.29) is 27.8 Å². The van der Waals surface area contributed by atoms with Crippen LogP contribution in [0.1, 0.15) is 37.4 Å². The Morgan fingerprint density at radius 1 is 0.812 bits per heavy atom. The Balaban J connectivity index is 1.92. The number of halogens is 8. The number of nitrogens with one attached hydrogen (secondary N) is 2. The molecule has 15 heteroatoms. The van der Waals surface area contributed by atoms with Crippen molar-refractivity contribution in [3.8, 4) is 5.75 Å². The van der Waals surface area contributed by atoms with E-state index in [0.29, 0.717) is 10.6 Å². The molecule has 2 N–H and O–H groups in total. The van der Waals surface area contributed by atoms with E-state index in [1.807, 2.05) is 0 Å². The normalized spacial score (nSPS) is 13.7. The van der Waals surface area contributed by atoms with Gasteiger partial charge in [0.15, 0.2) is 11.9 Å². The second-order valence-corrected chi connectivity index (χ2v) is 12.5. The molecule has 0 bridgehead atoms. The van der Waals surface area contributed by atoms with Crippen molar-refractivity contribution >= 4 is 58.2 Å². The van der Waals surface area contributed by atoms with Gasteiger partial charge in [-0.25, -0.2) is 0 Å². The molecule has 0 heterocycles. The van der Waals surface area contributed by atoms with Gasteiger partial charge in [-0.3, -0.25) is 19.2 Å². The third-order valence-electron chi connectivity index (χ3n) is 7.07. The summed E-state index contributed by atoms with van der Waals surface area (Å²) in [5, 5.41) is 4.40. The Kier molecular flexibility index (Phi) is 13.4. The van der Waals surface area contributed by atoms with Crippen molar-refractivity contribution in [1.82, 2.24) is 10.6 Å². The fourth-order valence-corrected chi connectivity index (χ4v) is 5.38. The molecule has 3 aromatic carbocycles. The monoisotopic (exact) mass is 734 g/mol. The van der Waals surface area contributed by atoms with Crippen LogP contribution in [-0.4, -0.2) is 48.1 Å². The molecule has 0 aliphatic heterocycles. The van der Waals surface area contributed by atoms with Crippen molar-refractivity contribution < 1.29 is 45.9 Å². The van der Waals surface area contributed by atoms with Crippen LogP contribution in [0.25, 0.3) is 0 Å². The molecule has 0 radical (unpaired) electrons. The lowest BCUT2D eigenvalue weighted by Crippen LogP contribution is -2.51. The highest BCUT2D eigenvalue weighted by Crippen LogP contribution is 2.31. The van der Waals surface area contributed by atoms with Gasteiger partial charge in [-0.1, -0.05) is 91.1 Å². The molecule has 0 fully saturated rings. The van der Waals surface area contributed by atoms with Crippen LogP contribution < -0.4 is 15.4 Å². The molecule has 0 unspecified atom stereocenters. The number of ether oxygens (including phenoxy) is 1. The van der Waals surface area contributed by atoms with Gasteiger partial charge in [0.1, 0.15) is 18.3 Å². The van der Waals surface area contributed by atoms with E-state index in [2.05, 4.69) is 5.32 Å². The van der Waals surface area contributed by atoms with Gasteiger partial charge in [0, 0.05) is 33.8 Å². The van der Waals surface area contributed by atoms with Crippen LogP contribution in [0.15, 0.2) is 72.8 Å².